The molecular weight excluding hydrogens is 712 g/mol. The second-order valence-corrected chi connectivity index (χ2v) is 13.7. The molecule has 0 aliphatic carbocycles. The van der Waals surface area contributed by atoms with Gasteiger partial charge in [0.25, 0.3) is 0 Å². The van der Waals surface area contributed by atoms with Gasteiger partial charge in [-0.1, -0.05) is 77.1 Å². The first-order valence-electron chi connectivity index (χ1n) is 18.5. The van der Waals surface area contributed by atoms with Crippen LogP contribution in [0.15, 0.2) is 34.8 Å². The second kappa shape index (κ2) is 23.9. The zero-order valence-corrected chi connectivity index (χ0v) is 32.7. The number of halogens is 2. The van der Waals surface area contributed by atoms with Gasteiger partial charge in [0.05, 0.1) is 29.3 Å². The Balaban J connectivity index is 2.15. The zero-order valence-electron chi connectivity index (χ0n) is 30.4. The largest absolute Gasteiger partial charge is 0.494 e. The lowest BCUT2D eigenvalue weighted by Crippen LogP contribution is -2.58. The topological polar surface area (TPSA) is 84.8 Å². The van der Waals surface area contributed by atoms with E-state index in [4.69, 9.17) is 44.8 Å². The number of hydrogen-bond acceptors (Lipinski definition) is 8. The third-order valence-corrected chi connectivity index (χ3v) is 9.94. The minimum Gasteiger partial charge on any atom is -0.494 e. The molecule has 49 heavy (non-hydrogen) atoms. The van der Waals surface area contributed by atoms with Crippen molar-refractivity contribution in [1.29, 1.82) is 0 Å². The molecule has 0 aromatic heterocycles. The fourth-order valence-electron chi connectivity index (χ4n) is 5.82. The summed E-state index contributed by atoms with van der Waals surface area (Å²) < 4.78 is 45.9. The summed E-state index contributed by atoms with van der Waals surface area (Å²) in [6, 6.07) is 10.1. The van der Waals surface area contributed by atoms with Crippen molar-refractivity contribution < 1.29 is 38.3 Å². The van der Waals surface area contributed by atoms with Crippen molar-refractivity contribution in [3.63, 3.8) is 0 Å². The number of hydrogen-bond donors (Lipinski definition) is 1. The van der Waals surface area contributed by atoms with E-state index in [0.717, 1.165) is 73.8 Å². The molecule has 1 N–H and O–H groups in total. The van der Waals surface area contributed by atoms with Crippen LogP contribution in [0.3, 0.4) is 0 Å². The normalized spacial score (nSPS) is 20.9. The molecule has 10 heteroatoms. The number of aliphatic hydroxyl groups is 1. The van der Waals surface area contributed by atoms with Crippen LogP contribution in [-0.4, -0.2) is 82.4 Å². The molecule has 0 saturated carbocycles. The van der Waals surface area contributed by atoms with Crippen LogP contribution < -0.4 is 9.47 Å². The molecule has 1 aliphatic heterocycles. The van der Waals surface area contributed by atoms with E-state index in [1.54, 1.807) is 0 Å². The molecule has 0 bridgehead atoms. The van der Waals surface area contributed by atoms with Gasteiger partial charge in [0, 0.05) is 32.0 Å². The van der Waals surface area contributed by atoms with E-state index in [9.17, 15) is 5.11 Å². The molecule has 3 rings (SSSR count). The van der Waals surface area contributed by atoms with Crippen LogP contribution in [0.5, 0.6) is 11.5 Å². The van der Waals surface area contributed by atoms with Gasteiger partial charge in [0.1, 0.15) is 48.6 Å². The standard InChI is InChI=1S/C39H60BrClO8/c1-6-11-20-43-27-32-37(45-21-12-7-2)39(47-23-14-9-4)38(46-22-13-8-3)36(49-32)31-26-29(34(41)33(40)35(31)48-24-19-42)25-28-15-17-30(18-16-28)44-10-5/h15-18,26,32,36-39,42H,6-14,19-25,27H2,1-5H3/t32-,36+,37-,38+,39+/m1/s1. The van der Waals surface area contributed by atoms with Crippen LogP contribution in [0.4, 0.5) is 0 Å². The summed E-state index contributed by atoms with van der Waals surface area (Å²) in [6.07, 6.45) is 6.09. The monoisotopic (exact) mass is 770 g/mol. The first-order valence-corrected chi connectivity index (χ1v) is 19.6. The maximum atomic E-state index is 9.78. The van der Waals surface area contributed by atoms with E-state index in [1.165, 1.54) is 0 Å². The summed E-state index contributed by atoms with van der Waals surface area (Å²) in [5.74, 6) is 1.35. The Morgan fingerprint density at radius 2 is 1.35 bits per heavy atom. The van der Waals surface area contributed by atoms with E-state index in [0.29, 0.717) is 61.3 Å². The van der Waals surface area contributed by atoms with Crippen molar-refractivity contribution in [2.75, 3.05) is 52.9 Å². The summed E-state index contributed by atoms with van der Waals surface area (Å²) in [7, 11) is 0. The first kappa shape index (κ1) is 42.0. The van der Waals surface area contributed by atoms with Crippen molar-refractivity contribution in [2.45, 2.75) is 123 Å². The summed E-state index contributed by atoms with van der Waals surface area (Å²) in [4.78, 5) is 0. The number of ether oxygens (including phenoxy) is 7. The molecule has 1 heterocycles. The molecule has 5 atom stereocenters. The zero-order chi connectivity index (χ0) is 35.4. The van der Waals surface area contributed by atoms with E-state index < -0.39 is 24.4 Å². The highest BCUT2D eigenvalue weighted by Crippen LogP contribution is 2.47. The fourth-order valence-corrected chi connectivity index (χ4v) is 6.62. The van der Waals surface area contributed by atoms with Gasteiger partial charge in [-0.05, 0) is 84.3 Å². The van der Waals surface area contributed by atoms with Crippen molar-refractivity contribution in [2.24, 2.45) is 0 Å². The molecule has 2 aromatic carbocycles. The molecule has 0 radical (unpaired) electrons. The lowest BCUT2D eigenvalue weighted by Gasteiger charge is -2.47. The van der Waals surface area contributed by atoms with E-state index >= 15 is 0 Å². The highest BCUT2D eigenvalue weighted by atomic mass is 79.9. The SMILES string of the molecule is CCCCOC[C@H]1O[C@@H](c2cc(Cc3ccc(OCC)cc3)c(Cl)c(Br)c2OCCO)[C@H](OCCCC)[C@@H](OCCCC)[C@@H]1OCCCC. The first-order chi connectivity index (χ1) is 23.9. The van der Waals surface area contributed by atoms with Crippen LogP contribution in [-0.2, 0) is 30.1 Å². The molecule has 0 spiro atoms. The van der Waals surface area contributed by atoms with Gasteiger partial charge >= 0.3 is 0 Å². The quantitative estimate of drug-likeness (QED) is 0.100. The van der Waals surface area contributed by atoms with Gasteiger partial charge in [-0.25, -0.2) is 0 Å². The maximum Gasteiger partial charge on any atom is 0.141 e. The van der Waals surface area contributed by atoms with Gasteiger partial charge in [-0.15, -0.1) is 0 Å². The summed E-state index contributed by atoms with van der Waals surface area (Å²) in [5, 5.41) is 10.3. The average molecular weight is 772 g/mol. The van der Waals surface area contributed by atoms with Gasteiger partial charge in [0.2, 0.25) is 0 Å². The van der Waals surface area contributed by atoms with Crippen LogP contribution in [0.1, 0.15) is 109 Å². The number of aliphatic hydroxyl groups excluding tert-OH is 1. The Morgan fingerprint density at radius 1 is 0.755 bits per heavy atom. The highest BCUT2D eigenvalue weighted by Gasteiger charge is 2.49. The Kier molecular flexibility index (Phi) is 20.5. The number of unbranched alkanes of at least 4 members (excludes halogenated alkanes) is 4. The highest BCUT2D eigenvalue weighted by molar-refractivity contribution is 9.10. The molecule has 1 fully saturated rings. The van der Waals surface area contributed by atoms with E-state index in [2.05, 4.69) is 61.8 Å². The van der Waals surface area contributed by atoms with Gasteiger partial charge < -0.3 is 38.3 Å². The van der Waals surface area contributed by atoms with Crippen LogP contribution in [0.25, 0.3) is 0 Å². The van der Waals surface area contributed by atoms with Crippen LogP contribution >= 0.6 is 27.5 Å². The van der Waals surface area contributed by atoms with Gasteiger partial charge in [-0.3, -0.25) is 0 Å². The third-order valence-electron chi connectivity index (χ3n) is 8.52. The Bertz CT molecular complexity index is 1180. The van der Waals surface area contributed by atoms with E-state index in [-0.39, 0.29) is 19.3 Å². The molecule has 2 aromatic rings. The summed E-state index contributed by atoms with van der Waals surface area (Å²) in [5.41, 5.74) is 2.77. The van der Waals surface area contributed by atoms with Gasteiger partial charge in [-0.2, -0.15) is 0 Å². The summed E-state index contributed by atoms with van der Waals surface area (Å²) in [6.45, 7) is 13.9. The third kappa shape index (κ3) is 12.9. The molecule has 8 nitrogen and oxygen atoms in total. The molecular formula is C39H60BrClO8. The average Bonchev–Trinajstić information content (AvgIpc) is 3.10. The molecule has 1 saturated heterocycles. The maximum absolute atomic E-state index is 9.78. The smallest absolute Gasteiger partial charge is 0.141 e. The number of benzene rings is 2. The molecule has 278 valence electrons. The lowest BCUT2D eigenvalue weighted by atomic mass is 9.88. The van der Waals surface area contributed by atoms with Crippen molar-refractivity contribution in [3.05, 3.63) is 56.5 Å². The van der Waals surface area contributed by atoms with E-state index in [1.807, 2.05) is 19.1 Å². The Morgan fingerprint density at radius 3 is 1.94 bits per heavy atom. The van der Waals surface area contributed by atoms with Crippen molar-refractivity contribution in [3.8, 4) is 11.5 Å². The Hall–Kier alpha value is -1.43. The molecule has 0 unspecified atom stereocenters. The van der Waals surface area contributed by atoms with Crippen molar-refractivity contribution >= 4 is 27.5 Å². The molecule has 0 amide bonds. The fraction of sp³-hybridized carbons (Fsp3) is 0.692. The van der Waals surface area contributed by atoms with Gasteiger partial charge in [0.15, 0.2) is 0 Å². The predicted molar refractivity (Wildman–Crippen MR) is 199 cm³/mol. The minimum absolute atomic E-state index is 0.0942. The lowest BCUT2D eigenvalue weighted by molar-refractivity contribution is -0.268. The number of rotatable bonds is 25. The molecule has 1 aliphatic rings. The van der Waals surface area contributed by atoms with Crippen LogP contribution in [0.2, 0.25) is 5.02 Å². The summed E-state index contributed by atoms with van der Waals surface area (Å²) >= 11 is 10.8. The van der Waals surface area contributed by atoms with Crippen molar-refractivity contribution in [1.82, 2.24) is 0 Å². The minimum atomic E-state index is -0.587. The van der Waals surface area contributed by atoms with Crippen LogP contribution in [0, 0.1) is 0 Å². The second-order valence-electron chi connectivity index (χ2n) is 12.5. The Labute approximate surface area is 308 Å². The predicted octanol–water partition coefficient (Wildman–Crippen LogP) is 9.28.